The van der Waals surface area contributed by atoms with Crippen molar-refractivity contribution in [3.05, 3.63) is 73.4 Å². The molecule has 0 aromatic heterocycles. The first-order valence-corrected chi connectivity index (χ1v) is 74.3. The van der Waals surface area contributed by atoms with Crippen LogP contribution in [0.5, 0.6) is 0 Å². The van der Waals surface area contributed by atoms with Crippen molar-refractivity contribution in [3.8, 4) is 0 Å². The minimum Gasteiger partial charge on any atom is -0.462 e. The summed E-state index contributed by atoms with van der Waals surface area (Å²) in [7, 11) is -26.4. The molecule has 0 radical (unpaired) electrons. The Morgan fingerprint density at radius 3 is 1.05 bits per heavy atom. The Morgan fingerprint density at radius 2 is 0.798 bits per heavy atom. The SMILES string of the molecule is C.C.C.C.C.C.C=C(C)C(=O)OCCCC[Si](C)(C)O.C=C(C)C(=O)OCCCC[Si](C)(C)O[SiH](C)O[Si](C)(C)O[Si](C)(C)CCCCOC(=O)C(=C)C.C=C(C)C(=O)OCCCC[Si](C)(C)O[Si](C)(C)O[Si](C)(CCCOCC)O[Si](C)(C)CCCCOC(=O)C(=C)C.C=CCOCC.C[SiH]1CCCCO1.C[Si]1(C)CCCCO1.O=S(=O)(O)C(F)(F)F.[Pt]. The molecule has 0 bridgehead atoms. The molecule has 24 nitrogen and oxygen atoms in total. The second kappa shape index (κ2) is 77.6. The molecule has 0 aromatic rings. The minimum absolute atomic E-state index is 0. The van der Waals surface area contributed by atoms with Crippen molar-refractivity contribution in [3.63, 3.8) is 0 Å². The number of halogens is 3. The molecule has 124 heavy (non-hydrogen) atoms. The van der Waals surface area contributed by atoms with Crippen molar-refractivity contribution in [2.24, 2.45) is 0 Å². The molecule has 3 atom stereocenters. The molecule has 2 aliphatic heterocycles. The van der Waals surface area contributed by atoms with Crippen molar-refractivity contribution in [1.82, 2.24) is 0 Å². The molecule has 2 heterocycles. The van der Waals surface area contributed by atoms with Crippen LogP contribution in [0.25, 0.3) is 0 Å². The number of unbranched alkanes of at least 4 members (excludes halogenated alkanes) is 5. The normalized spacial score (nSPS) is 14.4. The summed E-state index contributed by atoms with van der Waals surface area (Å²) in [6.45, 7) is 81.9. The summed E-state index contributed by atoms with van der Waals surface area (Å²) in [6.07, 6.45) is 16.8. The third-order valence-electron chi connectivity index (χ3n) is 16.6. The van der Waals surface area contributed by atoms with Crippen molar-refractivity contribution in [2.75, 3.05) is 72.7 Å². The van der Waals surface area contributed by atoms with E-state index in [1.807, 2.05) is 26.9 Å². The number of ether oxygens (including phenoxy) is 7. The fourth-order valence-electron chi connectivity index (χ4n) is 11.2. The summed E-state index contributed by atoms with van der Waals surface area (Å²) >= 11 is 0. The largest absolute Gasteiger partial charge is 0.522 e. The van der Waals surface area contributed by atoms with E-state index in [-0.39, 0.29) is 95.5 Å². The molecule has 0 amide bonds. The zero-order chi connectivity index (χ0) is 91.8. The van der Waals surface area contributed by atoms with Crippen LogP contribution in [0.1, 0.15) is 189 Å². The van der Waals surface area contributed by atoms with Crippen molar-refractivity contribution in [1.29, 1.82) is 0 Å². The van der Waals surface area contributed by atoms with Gasteiger partial charge < -0.3 is 71.5 Å². The van der Waals surface area contributed by atoms with Crippen molar-refractivity contribution in [2.45, 2.75) is 368 Å². The van der Waals surface area contributed by atoms with Crippen molar-refractivity contribution < 1.29 is 143 Å². The van der Waals surface area contributed by atoms with Crippen LogP contribution in [0.15, 0.2) is 73.4 Å². The zero-order valence-electron chi connectivity index (χ0n) is 77.8. The van der Waals surface area contributed by atoms with E-state index in [1.165, 1.54) is 37.8 Å². The number of alkyl halides is 3. The predicted molar refractivity (Wildman–Crippen MR) is 536 cm³/mol. The van der Waals surface area contributed by atoms with Crippen LogP contribution in [-0.4, -0.2) is 220 Å². The van der Waals surface area contributed by atoms with E-state index in [1.54, 1.807) is 40.7 Å². The first kappa shape index (κ1) is 148. The third kappa shape index (κ3) is 94.8. The van der Waals surface area contributed by atoms with E-state index in [0.717, 1.165) is 127 Å². The summed E-state index contributed by atoms with van der Waals surface area (Å²) in [5, 5.41) is 0. The van der Waals surface area contributed by atoms with Crippen LogP contribution in [0.4, 0.5) is 13.2 Å². The van der Waals surface area contributed by atoms with Gasteiger partial charge in [0.25, 0.3) is 9.28 Å². The first-order valence-electron chi connectivity index (χ1n) is 41.5. The van der Waals surface area contributed by atoms with Gasteiger partial charge in [-0.25, -0.2) is 24.0 Å². The van der Waals surface area contributed by atoms with Crippen LogP contribution < -0.4 is 0 Å². The summed E-state index contributed by atoms with van der Waals surface area (Å²) in [5.74, 6) is -1.65. The quantitative estimate of drug-likeness (QED) is 0.00836. The van der Waals surface area contributed by atoms with Gasteiger partial charge in [0.2, 0.25) is 0 Å². The molecule has 2 aliphatic rings. The zero-order valence-corrected chi connectivity index (χ0v) is 92.1. The van der Waals surface area contributed by atoms with E-state index in [9.17, 15) is 41.9 Å². The van der Waals surface area contributed by atoms with Gasteiger partial charge in [0.05, 0.1) is 39.6 Å². The topological polar surface area (TPSA) is 298 Å². The molecular weight excluding hydrogens is 1990 g/mol. The van der Waals surface area contributed by atoms with E-state index >= 15 is 0 Å². The standard InChI is InChI=1S/C28H58O8Si4.C23H48O7Si4.C10H20O3Si.C6H14OSi.C5H12OSi.C5H10O.CHF3O3S.6CH4.Pt/c1-13-31-19-18-24-40(12,35-38(8,9)23-17-15-21-33-28(30)26(4)5)36-39(10,11)34-37(6,7)22-16-14-20-32-27(29)25(2)3;1-20(2)22(24)26-16-12-14-18-32(6,7)28-31(5)29-34(10,11)30-33(8,9)19-15-13-17-27-23(25)21(3)4;1-9(2)10(11)13-7-5-6-8-14(3,4)12;1-8(2)6-4-3-5-7-8;1-7-5-3-2-4-6-7;1-3-5-6-4-2;2-1(3,4)8(5,6)7;;;;;;;/h2,4,13-24H2,1,3,5-12H3;31H,1,3,12-19H2,2,4-11H3;12H,1,5-8H2,2-4H3;3-6H2,1-2H3;7H,2-5H2,1H3;3H,1,4-5H2,2H3;(H,5,6,7);6*1H4;. The predicted octanol–water partition coefficient (Wildman–Crippen LogP) is 23.9. The van der Waals surface area contributed by atoms with Gasteiger partial charge in [-0.15, -0.1) is 6.58 Å². The molecule has 0 saturated carbocycles. The number of esters is 5. The summed E-state index contributed by atoms with van der Waals surface area (Å²) in [4.78, 5) is 66.6. The Balaban J connectivity index is -0.000000132. The number of carbonyl (C=O) groups excluding carboxylic acids is 5. The van der Waals surface area contributed by atoms with Gasteiger partial charge in [-0.1, -0.05) is 128 Å². The van der Waals surface area contributed by atoms with E-state index in [2.05, 4.69) is 151 Å². The fourth-order valence-corrected chi connectivity index (χ4v) is 52.2. The summed E-state index contributed by atoms with van der Waals surface area (Å²) in [6, 6.07) is 8.41. The number of carbonyl (C=O) groups is 5. The van der Waals surface area contributed by atoms with E-state index < -0.39 is 110 Å². The minimum atomic E-state index is -5.84. The molecule has 0 aliphatic carbocycles. The molecule has 2 fully saturated rings. The maximum Gasteiger partial charge on any atom is 0.522 e. The maximum absolute atomic E-state index is 11.6. The molecule has 0 spiro atoms. The Morgan fingerprint density at radius 1 is 0.476 bits per heavy atom. The number of hydrogen-bond acceptors (Lipinski definition) is 23. The number of rotatable bonds is 50. The maximum atomic E-state index is 11.6. The summed E-state index contributed by atoms with van der Waals surface area (Å²) < 4.78 is 145. The van der Waals surface area contributed by atoms with Gasteiger partial charge in [0, 0.05) is 82.0 Å². The van der Waals surface area contributed by atoms with Gasteiger partial charge in [-0.2, -0.15) is 21.6 Å². The Kier molecular flexibility index (Phi) is 92.4. The molecule has 748 valence electrons. The van der Waals surface area contributed by atoms with E-state index in [4.69, 9.17) is 79.7 Å². The van der Waals surface area contributed by atoms with E-state index in [0.29, 0.717) is 80.7 Å². The van der Waals surface area contributed by atoms with Gasteiger partial charge in [0.1, 0.15) is 0 Å². The first-order chi connectivity index (χ1) is 53.4. The molecular formula is C84H187F3O24PtSSi11. The van der Waals surface area contributed by atoms with Crippen LogP contribution in [0, 0.1) is 0 Å². The van der Waals surface area contributed by atoms with Crippen molar-refractivity contribution >= 4 is 134 Å². The molecule has 40 heteroatoms. The average molecular weight is 2170 g/mol. The monoisotopic (exact) mass is 2170 g/mol. The Labute approximate surface area is 784 Å². The third-order valence-corrected chi connectivity index (χ3v) is 54.3. The summed E-state index contributed by atoms with van der Waals surface area (Å²) in [5.41, 5.74) is -3.39. The smallest absolute Gasteiger partial charge is 0.462 e. The molecule has 2 rings (SSSR count). The van der Waals surface area contributed by atoms with Crippen LogP contribution in [-0.2, 0) is 122 Å². The van der Waals surface area contributed by atoms with Gasteiger partial charge in [-0.3, -0.25) is 4.55 Å². The van der Waals surface area contributed by atoms with Gasteiger partial charge in [0.15, 0.2) is 58.9 Å². The molecule has 0 aromatic carbocycles. The van der Waals surface area contributed by atoms with Crippen LogP contribution in [0.2, 0.25) is 173 Å². The van der Waals surface area contributed by atoms with Crippen LogP contribution >= 0.6 is 0 Å². The van der Waals surface area contributed by atoms with Gasteiger partial charge >= 0.3 is 71.2 Å². The Hall–Kier alpha value is -1.88. The number of hydrogen-bond donors (Lipinski definition) is 2. The second-order valence-electron chi connectivity index (χ2n) is 34.3. The molecule has 2 N–H and O–H groups in total. The molecule has 3 unspecified atom stereocenters. The van der Waals surface area contributed by atoms with Gasteiger partial charge in [-0.05, 0) is 273 Å². The second-order valence-corrected chi connectivity index (χ2v) is 77.4. The average Bonchev–Trinajstić information content (AvgIpc) is 0.811. The fraction of sp³-hybridized carbons (Fsp3) is 0.798. The molecule has 2 saturated heterocycles. The van der Waals surface area contributed by atoms with Crippen LogP contribution in [0.3, 0.4) is 0 Å². The Bertz CT molecular complexity index is 2970.